The average Bonchev–Trinajstić information content (AvgIpc) is 2.96. The van der Waals surface area contributed by atoms with Crippen molar-refractivity contribution in [3.63, 3.8) is 0 Å². The first kappa shape index (κ1) is 19.2. The lowest BCUT2D eigenvalue weighted by Gasteiger charge is -2.34. The van der Waals surface area contributed by atoms with Crippen LogP contribution in [-0.2, 0) is 9.53 Å². The van der Waals surface area contributed by atoms with Gasteiger partial charge in [-0.15, -0.1) is 0 Å². The molecule has 2 heteroatoms. The molecule has 0 spiro atoms. The number of rotatable bonds is 5. The van der Waals surface area contributed by atoms with Gasteiger partial charge in [-0.2, -0.15) is 0 Å². The SMILES string of the molecule is C/C=C(/C)C(C)(CC)C(=O)OC1(CC)CCCC1.CC. The molecule has 0 radical (unpaired) electrons. The topological polar surface area (TPSA) is 26.3 Å². The van der Waals surface area contributed by atoms with Crippen molar-refractivity contribution in [3.8, 4) is 0 Å². The molecule has 2 nitrogen and oxygen atoms in total. The highest BCUT2D eigenvalue weighted by Gasteiger charge is 2.42. The van der Waals surface area contributed by atoms with Crippen LogP contribution in [0.1, 0.15) is 87.0 Å². The fraction of sp³-hybridized carbons (Fsp3) is 0.833. The standard InChI is InChI=1S/C16H28O2.C2H6/c1-6-13(4)15(5,7-2)14(17)18-16(8-3)11-9-10-12-16;1-2/h6H,7-12H2,1-5H3;1-2H3/b13-6-;. The highest BCUT2D eigenvalue weighted by Crippen LogP contribution is 2.40. The molecule has 1 unspecified atom stereocenters. The van der Waals surface area contributed by atoms with E-state index in [0.717, 1.165) is 31.3 Å². The van der Waals surface area contributed by atoms with Crippen molar-refractivity contribution in [1.82, 2.24) is 0 Å². The second-order valence-corrected chi connectivity index (χ2v) is 5.79. The van der Waals surface area contributed by atoms with Gasteiger partial charge in [0.2, 0.25) is 0 Å². The molecule has 0 aromatic carbocycles. The Balaban J connectivity index is 0.00000172. The molecule has 1 fully saturated rings. The predicted octanol–water partition coefficient (Wildman–Crippen LogP) is 5.66. The normalized spacial score (nSPS) is 20.6. The number of ether oxygens (including phenoxy) is 1. The van der Waals surface area contributed by atoms with Crippen LogP contribution < -0.4 is 0 Å². The first-order valence-electron chi connectivity index (χ1n) is 8.31. The molecule has 0 bridgehead atoms. The molecule has 0 aromatic heterocycles. The van der Waals surface area contributed by atoms with E-state index in [2.05, 4.69) is 13.8 Å². The molecule has 1 rings (SSSR count). The number of carbonyl (C=O) groups is 1. The van der Waals surface area contributed by atoms with E-state index in [1.54, 1.807) is 0 Å². The molecule has 0 amide bonds. The maximum Gasteiger partial charge on any atom is 0.316 e. The van der Waals surface area contributed by atoms with E-state index < -0.39 is 5.41 Å². The van der Waals surface area contributed by atoms with Crippen molar-refractivity contribution < 1.29 is 9.53 Å². The van der Waals surface area contributed by atoms with Crippen LogP contribution in [-0.4, -0.2) is 11.6 Å². The molecular formula is C18H34O2. The lowest BCUT2D eigenvalue weighted by atomic mass is 9.80. The van der Waals surface area contributed by atoms with Gasteiger partial charge in [-0.1, -0.05) is 39.3 Å². The summed E-state index contributed by atoms with van der Waals surface area (Å²) < 4.78 is 5.95. The Labute approximate surface area is 126 Å². The van der Waals surface area contributed by atoms with Crippen LogP contribution in [0.25, 0.3) is 0 Å². The Bertz CT molecular complexity index is 324. The van der Waals surface area contributed by atoms with E-state index in [-0.39, 0.29) is 11.6 Å². The fourth-order valence-electron chi connectivity index (χ4n) is 2.76. The third-order valence-electron chi connectivity index (χ3n) is 4.93. The summed E-state index contributed by atoms with van der Waals surface area (Å²) in [6.07, 6.45) is 8.19. The maximum atomic E-state index is 12.6. The Morgan fingerprint density at radius 1 is 1.25 bits per heavy atom. The summed E-state index contributed by atoms with van der Waals surface area (Å²) in [5, 5.41) is 0. The summed E-state index contributed by atoms with van der Waals surface area (Å²) in [4.78, 5) is 12.6. The number of carbonyl (C=O) groups excluding carboxylic acids is 1. The third kappa shape index (κ3) is 4.10. The minimum absolute atomic E-state index is 0.0376. The first-order chi connectivity index (χ1) is 9.44. The van der Waals surface area contributed by atoms with Crippen molar-refractivity contribution in [2.75, 3.05) is 0 Å². The molecule has 1 aliphatic carbocycles. The summed E-state index contributed by atoms with van der Waals surface area (Å²) in [6, 6.07) is 0. The molecule has 0 saturated heterocycles. The molecule has 1 atom stereocenters. The fourth-order valence-corrected chi connectivity index (χ4v) is 2.76. The highest BCUT2D eigenvalue weighted by atomic mass is 16.6. The Morgan fingerprint density at radius 2 is 1.75 bits per heavy atom. The summed E-state index contributed by atoms with van der Waals surface area (Å²) in [5.41, 5.74) is 0.473. The van der Waals surface area contributed by atoms with Crippen LogP contribution in [0.4, 0.5) is 0 Å². The first-order valence-corrected chi connectivity index (χ1v) is 8.31. The van der Waals surface area contributed by atoms with Gasteiger partial charge in [-0.25, -0.2) is 0 Å². The number of hydrogen-bond acceptors (Lipinski definition) is 2. The van der Waals surface area contributed by atoms with E-state index in [1.165, 1.54) is 12.8 Å². The van der Waals surface area contributed by atoms with Crippen LogP contribution >= 0.6 is 0 Å². The molecule has 0 aliphatic heterocycles. The minimum Gasteiger partial charge on any atom is -0.458 e. The maximum absolute atomic E-state index is 12.6. The van der Waals surface area contributed by atoms with Crippen LogP contribution in [0.5, 0.6) is 0 Å². The van der Waals surface area contributed by atoms with Crippen molar-refractivity contribution in [3.05, 3.63) is 11.6 Å². The van der Waals surface area contributed by atoms with Gasteiger partial charge in [-0.3, -0.25) is 4.79 Å². The van der Waals surface area contributed by atoms with E-state index in [9.17, 15) is 4.79 Å². The van der Waals surface area contributed by atoms with Gasteiger partial charge >= 0.3 is 5.97 Å². The molecule has 0 N–H and O–H groups in total. The largest absolute Gasteiger partial charge is 0.458 e. The average molecular weight is 282 g/mol. The van der Waals surface area contributed by atoms with E-state index in [0.29, 0.717) is 0 Å². The van der Waals surface area contributed by atoms with Crippen LogP contribution in [0.15, 0.2) is 11.6 Å². The van der Waals surface area contributed by atoms with Crippen molar-refractivity contribution in [2.24, 2.45) is 5.41 Å². The van der Waals surface area contributed by atoms with E-state index >= 15 is 0 Å². The van der Waals surface area contributed by atoms with Crippen molar-refractivity contribution in [2.45, 2.75) is 92.6 Å². The Kier molecular flexibility index (Phi) is 8.15. The summed E-state index contributed by atoms with van der Waals surface area (Å²) >= 11 is 0. The van der Waals surface area contributed by atoms with E-state index in [4.69, 9.17) is 4.74 Å². The second-order valence-electron chi connectivity index (χ2n) is 5.79. The predicted molar refractivity (Wildman–Crippen MR) is 86.8 cm³/mol. The quantitative estimate of drug-likeness (QED) is 0.480. The van der Waals surface area contributed by atoms with Crippen molar-refractivity contribution >= 4 is 5.97 Å². The highest BCUT2D eigenvalue weighted by molar-refractivity contribution is 5.80. The molecule has 1 saturated carbocycles. The summed E-state index contributed by atoms with van der Waals surface area (Å²) in [5.74, 6) is -0.0376. The van der Waals surface area contributed by atoms with Crippen LogP contribution in [0.2, 0.25) is 0 Å². The second kappa shape index (κ2) is 8.49. The molecule has 0 aromatic rings. The van der Waals surface area contributed by atoms with Gasteiger partial charge in [0.05, 0.1) is 5.41 Å². The molecule has 1 aliphatic rings. The van der Waals surface area contributed by atoms with Gasteiger partial charge < -0.3 is 4.74 Å². The molecule has 118 valence electrons. The molecular weight excluding hydrogens is 248 g/mol. The van der Waals surface area contributed by atoms with Gasteiger partial charge in [0.25, 0.3) is 0 Å². The van der Waals surface area contributed by atoms with Crippen LogP contribution in [0, 0.1) is 5.41 Å². The lowest BCUT2D eigenvalue weighted by Crippen LogP contribution is -2.39. The number of hydrogen-bond donors (Lipinski definition) is 0. The molecule has 20 heavy (non-hydrogen) atoms. The molecule has 0 heterocycles. The Morgan fingerprint density at radius 3 is 2.10 bits per heavy atom. The number of esters is 1. The summed E-state index contributed by atoms with van der Waals surface area (Å²) in [7, 11) is 0. The monoisotopic (exact) mass is 282 g/mol. The number of allylic oxidation sites excluding steroid dienone is 1. The minimum atomic E-state index is -0.459. The zero-order valence-electron chi connectivity index (χ0n) is 14.6. The van der Waals surface area contributed by atoms with Gasteiger partial charge in [-0.05, 0) is 59.3 Å². The Hall–Kier alpha value is -0.790. The summed E-state index contributed by atoms with van der Waals surface area (Å²) in [6.45, 7) is 14.2. The van der Waals surface area contributed by atoms with E-state index in [1.807, 2.05) is 40.7 Å². The zero-order chi connectivity index (χ0) is 15.8. The van der Waals surface area contributed by atoms with Crippen molar-refractivity contribution in [1.29, 1.82) is 0 Å². The van der Waals surface area contributed by atoms with Gasteiger partial charge in [0.15, 0.2) is 0 Å². The third-order valence-corrected chi connectivity index (χ3v) is 4.93. The van der Waals surface area contributed by atoms with Gasteiger partial charge in [0.1, 0.15) is 5.60 Å². The lowest BCUT2D eigenvalue weighted by molar-refractivity contribution is -0.169. The smallest absolute Gasteiger partial charge is 0.316 e. The van der Waals surface area contributed by atoms with Gasteiger partial charge in [0, 0.05) is 0 Å². The van der Waals surface area contributed by atoms with Crippen LogP contribution in [0.3, 0.4) is 0 Å². The zero-order valence-corrected chi connectivity index (χ0v) is 14.6.